The molecule has 6 aromatic rings. The molecule has 137 heavy (non-hydrogen) atoms. The first-order valence-electron chi connectivity index (χ1n) is 49.0. The topological polar surface area (TPSA) is 333 Å². The summed E-state index contributed by atoms with van der Waals surface area (Å²) in [4.78, 5) is 154. The Balaban J connectivity index is 0.000000195. The van der Waals surface area contributed by atoms with Crippen LogP contribution >= 0.6 is 0 Å². The number of methoxy groups -OCH3 is 4. The van der Waals surface area contributed by atoms with Crippen LogP contribution in [0.5, 0.6) is 34.9 Å². The number of amides is 3. The van der Waals surface area contributed by atoms with E-state index >= 15 is 0 Å². The smallest absolute Gasteiger partial charge is 0.307 e. The number of benzene rings is 3. The summed E-state index contributed by atoms with van der Waals surface area (Å²) in [6.07, 6.45) is 22.1. The summed E-state index contributed by atoms with van der Waals surface area (Å²) in [5.74, 6) is -4.99. The van der Waals surface area contributed by atoms with Crippen LogP contribution in [0.25, 0.3) is 33.1 Å². The van der Waals surface area contributed by atoms with Crippen molar-refractivity contribution in [3.05, 3.63) is 71.7 Å². The van der Waals surface area contributed by atoms with Gasteiger partial charge in [-0.3, -0.25) is 28.8 Å². The van der Waals surface area contributed by atoms with E-state index in [-0.39, 0.29) is 154 Å². The Labute approximate surface area is 840 Å². The molecule has 1 spiro atoms. The number of ether oxygens (including phenoxy) is 10. The number of aryl methyl sites for hydroxylation is 3. The van der Waals surface area contributed by atoms with E-state index in [1.807, 2.05) is 132 Å². The summed E-state index contributed by atoms with van der Waals surface area (Å²) < 4.78 is 88.6. The van der Waals surface area contributed by atoms with Gasteiger partial charge in [-0.1, -0.05) is 159 Å². The molecule has 6 bridgehead atoms. The summed E-state index contributed by atoms with van der Waals surface area (Å²) in [6, 6.07) is 14.2. The Kier molecular flexibility index (Phi) is 36.9. The van der Waals surface area contributed by atoms with Gasteiger partial charge in [0, 0.05) is 106 Å². The monoisotopic (exact) mass is 2010 g/mol. The number of carbonyl (C=O) groups excluding carboxylic acids is 9. The minimum atomic E-state index is -2.91. The van der Waals surface area contributed by atoms with E-state index in [1.54, 1.807) is 44.3 Å². The van der Waals surface area contributed by atoms with Gasteiger partial charge >= 0.3 is 17.9 Å². The minimum absolute atomic E-state index is 0. The molecule has 4 aliphatic carbocycles. The Bertz CT molecular complexity index is 5050. The summed E-state index contributed by atoms with van der Waals surface area (Å²) in [6.45, 7) is 24.0. The standard InChI is InChI=1S/C36H48N3O6.C34H44F2N3O6.C34H46N3O7.3V/c1-6-24-29(21-40)39-20-31(24)45-33-27(37-26-13-12-23(43-5)16-28(26)38-33)11-9-7-8-10-22-18-36(14-15-36)19-30(22)44-32(41)17-25(34(39)42)35(2,3)4;1-6-22-27(19-40)39-18-29(22)45-31-25(37-24-13-12-21(43-5)14-26(24)38-31)11-9-7-8-10-20-16-34(35,36)17-28(20)44-30(41)15-23(32(39)42)33(2,3)4;1-7-23-28(19-38)37-18-29(23)43-31-26(35-25-14-13-22(42-6)15-27(25)36-31)12-10-8-9-11-21-17-34(21,20-41-5)44-30(39)16-24(32(37)40)33(2,3)4;;;/h12-13,16,22,24-25,29-31H,6-11,14-15,17-20H2,1-5H3;12-14,20,22-23,27-29H,6-11,15-18H2,1-5H3;13-15,21,23-24,28-29H,7-12,16-18,20H2,1-6H3;;;/q3*-1;;;/t22-,24+,25-,29-,30-,31+;20-,22+,23-,27-,28-,29+;21-,23+,24-,28-,29+,34+;;;/m111.../s1. The van der Waals surface area contributed by atoms with Gasteiger partial charge in [0.25, 0.3) is 5.92 Å². The zero-order valence-corrected chi connectivity index (χ0v) is 86.7. The molecule has 3 saturated heterocycles. The molecular formula is C104H138F2N9O19V3-3. The van der Waals surface area contributed by atoms with Crippen LogP contribution in [-0.2, 0) is 137 Å². The second-order valence-corrected chi connectivity index (χ2v) is 42.6. The van der Waals surface area contributed by atoms with Crippen LogP contribution in [0.4, 0.5) is 8.78 Å². The summed E-state index contributed by atoms with van der Waals surface area (Å²) in [5, 5.41) is 0. The molecule has 16 rings (SSSR count). The van der Waals surface area contributed by atoms with E-state index in [2.05, 4.69) is 18.9 Å². The van der Waals surface area contributed by atoms with Gasteiger partial charge in [-0.05, 0) is 172 Å². The summed E-state index contributed by atoms with van der Waals surface area (Å²) >= 11 is 0. The van der Waals surface area contributed by atoms with Gasteiger partial charge in [0.15, 0.2) is 0 Å². The van der Waals surface area contributed by atoms with E-state index in [9.17, 15) is 51.9 Å². The molecule has 9 heterocycles. The van der Waals surface area contributed by atoms with Crippen LogP contribution in [0.1, 0.15) is 261 Å². The van der Waals surface area contributed by atoms with Crippen molar-refractivity contribution in [3.63, 3.8) is 0 Å². The fraction of sp³-hybridized carbons (Fsp3) is 0.683. The average molecular weight is 2010 g/mol. The number of carbonyl (C=O) groups is 6. The Hall–Kier alpha value is -8.12. The molecule has 28 nitrogen and oxygen atoms in total. The molecule has 7 fully saturated rings. The maximum Gasteiger partial charge on any atom is 0.307 e. The molecule has 3 aromatic heterocycles. The van der Waals surface area contributed by atoms with Crippen molar-refractivity contribution in [3.8, 4) is 34.9 Å². The van der Waals surface area contributed by atoms with E-state index in [0.29, 0.717) is 132 Å². The number of hydrogen-bond acceptors (Lipinski definition) is 25. The molecule has 3 radical (unpaired) electrons. The molecule has 3 amide bonds. The number of fused-ring (bicyclic) bond motifs is 15. The van der Waals surface area contributed by atoms with E-state index in [0.717, 1.165) is 106 Å². The molecule has 6 aliphatic heterocycles. The Morgan fingerprint density at radius 2 is 0.752 bits per heavy atom. The molecule has 18 atom stereocenters. The van der Waals surface area contributed by atoms with Gasteiger partial charge in [-0.25, -0.2) is 57.5 Å². The molecule has 10 aliphatic rings. The molecule has 4 saturated carbocycles. The fourth-order valence-electron chi connectivity index (χ4n) is 22.2. The molecule has 3 aromatic carbocycles. The zero-order chi connectivity index (χ0) is 96.1. The quantitative estimate of drug-likeness (QED) is 0.0660. The van der Waals surface area contributed by atoms with Crippen LogP contribution in [0.2, 0.25) is 0 Å². The van der Waals surface area contributed by atoms with Crippen LogP contribution in [0.15, 0.2) is 54.6 Å². The number of esters is 3. The number of rotatable bonds is 11. The second-order valence-electron chi connectivity index (χ2n) is 42.6. The van der Waals surface area contributed by atoms with Crippen molar-refractivity contribution in [1.29, 1.82) is 0 Å². The fourth-order valence-corrected chi connectivity index (χ4v) is 22.2. The van der Waals surface area contributed by atoms with Gasteiger partial charge in [-0.2, -0.15) is 0 Å². The summed E-state index contributed by atoms with van der Waals surface area (Å²) in [7, 11) is 6.42. The number of aromatic nitrogens is 6. The molecule has 0 N–H and O–H groups in total. The third-order valence-electron chi connectivity index (χ3n) is 30.4. The van der Waals surface area contributed by atoms with Gasteiger partial charge in [0.2, 0.25) is 35.4 Å². The third-order valence-corrected chi connectivity index (χ3v) is 30.4. The van der Waals surface area contributed by atoms with E-state index < -0.39 is 112 Å². The number of nitrogens with zero attached hydrogens (tertiary/aromatic N) is 9. The third kappa shape index (κ3) is 25.5. The van der Waals surface area contributed by atoms with Gasteiger partial charge in [0.05, 0.1) is 118 Å². The Morgan fingerprint density at radius 3 is 1.08 bits per heavy atom. The SMILES string of the molecule is CC[C@@H]1[C@@H]2CN(C(=O)[C@H](C(C)(C)C)CC(=O)O[C@@H]3CC(F)(F)C[C@H]3CCCCCc3nc4ccc(OC)cc4nc3O2)[C@@H]1[C-]=O.CC[C@@H]1[C@@H]2CN(C(=O)[C@H](C(C)(C)C)CC(=O)O[C@@H]3CC4(CC4)C[C@H]3CCCCCc3nc4ccc(OC)cc4nc3O2)[C@@H]1[C-]=O.CC[C@@H]1[C@@H]2CN(C(=O)[C@H](C(C)(C)C)CC(=O)O[C@]3(COC)C[C@H]3CCCCCc3nc4ccc(OC)cc4nc3O2)[C@@H]1[C-]=O.[V].[V].[V]. The maximum absolute atomic E-state index is 14.5. The minimum Gasteiger partial charge on any atom is -0.540 e. The largest absolute Gasteiger partial charge is 0.540 e. The van der Waals surface area contributed by atoms with Crippen LogP contribution in [0, 0.1) is 74.9 Å². The number of halogens is 2. The van der Waals surface area contributed by atoms with Gasteiger partial charge < -0.3 is 76.5 Å². The first-order chi connectivity index (χ1) is 63.9. The average Bonchev–Trinajstić information content (AvgIpc) is 1.60. The van der Waals surface area contributed by atoms with Crippen LogP contribution in [-0.4, -0.2) is 214 Å². The number of hydrogen-bond donors (Lipinski definition) is 0. The van der Waals surface area contributed by atoms with Crippen molar-refractivity contribution in [2.24, 2.45) is 74.9 Å². The maximum atomic E-state index is 14.5. The second kappa shape index (κ2) is 46.3. The normalized spacial score (nSPS) is 29.4. The van der Waals surface area contributed by atoms with Crippen molar-refractivity contribution in [1.82, 2.24) is 44.6 Å². The first-order valence-corrected chi connectivity index (χ1v) is 49.0. The van der Waals surface area contributed by atoms with E-state index in [4.69, 9.17) is 77.3 Å². The van der Waals surface area contributed by atoms with Crippen molar-refractivity contribution < 1.29 is 155 Å². The Morgan fingerprint density at radius 1 is 0.409 bits per heavy atom. The molecule has 0 unspecified atom stereocenters. The van der Waals surface area contributed by atoms with Crippen molar-refractivity contribution >= 4 is 87.6 Å². The number of alkyl halides is 2. The van der Waals surface area contributed by atoms with Crippen molar-refractivity contribution in [2.75, 3.05) is 54.7 Å². The predicted octanol–water partition coefficient (Wildman–Crippen LogP) is 16.7. The molecule has 745 valence electrons. The van der Waals surface area contributed by atoms with E-state index in [1.165, 1.54) is 17.7 Å². The van der Waals surface area contributed by atoms with Gasteiger partial charge in [-0.15, -0.1) is 0 Å². The predicted molar refractivity (Wildman–Crippen MR) is 496 cm³/mol. The molecule has 33 heteroatoms. The first kappa shape index (κ1) is 109. The van der Waals surface area contributed by atoms with Crippen LogP contribution < -0.4 is 28.4 Å². The molecular weight excluding hydrogens is 1870 g/mol. The van der Waals surface area contributed by atoms with Crippen molar-refractivity contribution in [2.45, 2.75) is 323 Å². The van der Waals surface area contributed by atoms with Gasteiger partial charge in [0.1, 0.15) is 70.5 Å². The summed E-state index contributed by atoms with van der Waals surface area (Å²) in [5.41, 5.74) is 4.27. The van der Waals surface area contributed by atoms with Crippen LogP contribution in [0.3, 0.4) is 0 Å². The zero-order valence-electron chi connectivity index (χ0n) is 82.5.